The zero-order valence-electron chi connectivity index (χ0n) is 12.9. The molecule has 2 aliphatic rings. The maximum atomic E-state index is 9.30. The normalized spacial score (nSPS) is 34.5. The van der Waals surface area contributed by atoms with Gasteiger partial charge in [-0.1, -0.05) is 20.8 Å². The zero-order chi connectivity index (χ0) is 14.5. The molecule has 0 radical (unpaired) electrons. The third-order valence-electron chi connectivity index (χ3n) is 6.15. The van der Waals surface area contributed by atoms with E-state index in [1.165, 1.54) is 12.8 Å². The van der Waals surface area contributed by atoms with Crippen molar-refractivity contribution in [1.82, 2.24) is 4.98 Å². The number of pyridine rings is 1. The van der Waals surface area contributed by atoms with Gasteiger partial charge in [-0.15, -0.1) is 0 Å². The van der Waals surface area contributed by atoms with Gasteiger partial charge >= 0.3 is 0 Å². The number of aromatic nitrogens is 1. The maximum absolute atomic E-state index is 9.30. The second-order valence-corrected chi connectivity index (χ2v) is 7.33. The molecule has 0 amide bonds. The highest BCUT2D eigenvalue weighted by Gasteiger charge is 2.62. The van der Waals surface area contributed by atoms with Crippen molar-refractivity contribution in [3.63, 3.8) is 0 Å². The predicted molar refractivity (Wildman–Crippen MR) is 78.5 cm³/mol. The first-order chi connectivity index (χ1) is 9.36. The summed E-state index contributed by atoms with van der Waals surface area (Å²) in [6.07, 6.45) is 3.95. The lowest BCUT2D eigenvalue weighted by Gasteiger charge is -2.38. The Morgan fingerprint density at radius 1 is 1.35 bits per heavy atom. The minimum Gasteiger partial charge on any atom is -0.474 e. The molecule has 0 saturated heterocycles. The van der Waals surface area contributed by atoms with Gasteiger partial charge in [-0.05, 0) is 49.1 Å². The average molecular weight is 275 g/mol. The van der Waals surface area contributed by atoms with Gasteiger partial charge in [0.2, 0.25) is 5.88 Å². The van der Waals surface area contributed by atoms with Crippen LogP contribution in [0.2, 0.25) is 0 Å². The molecule has 0 spiro atoms. The lowest BCUT2D eigenvalue weighted by atomic mass is 9.70. The van der Waals surface area contributed by atoms with Gasteiger partial charge < -0.3 is 9.84 Å². The summed E-state index contributed by atoms with van der Waals surface area (Å²) in [7, 11) is 0. The van der Waals surface area contributed by atoms with E-state index in [1.54, 1.807) is 0 Å². The number of aryl methyl sites for hydroxylation is 1. The second-order valence-electron chi connectivity index (χ2n) is 7.33. The number of hydrogen-bond acceptors (Lipinski definition) is 3. The Labute approximate surface area is 121 Å². The van der Waals surface area contributed by atoms with Gasteiger partial charge in [0.05, 0.1) is 6.61 Å². The molecule has 1 aromatic heterocycles. The smallest absolute Gasteiger partial charge is 0.214 e. The molecule has 3 heteroatoms. The van der Waals surface area contributed by atoms with Crippen molar-refractivity contribution in [1.29, 1.82) is 0 Å². The summed E-state index contributed by atoms with van der Waals surface area (Å²) < 4.78 is 6.25. The van der Waals surface area contributed by atoms with Crippen LogP contribution < -0.4 is 4.74 Å². The minimum absolute atomic E-state index is 0.0375. The Morgan fingerprint density at radius 2 is 2.10 bits per heavy atom. The van der Waals surface area contributed by atoms with Crippen LogP contribution >= 0.6 is 0 Å². The standard InChI is InChI=1S/C17H25NO2/c1-11-7-12(10-19)8-15(18-11)20-14-9-13-5-6-17(14,4)16(13,2)3/h7-8,13-14,19H,5-6,9-10H2,1-4H3. The Morgan fingerprint density at radius 3 is 2.65 bits per heavy atom. The minimum atomic E-state index is 0.0375. The molecule has 1 aromatic rings. The number of rotatable bonds is 3. The zero-order valence-corrected chi connectivity index (χ0v) is 12.9. The van der Waals surface area contributed by atoms with Crippen molar-refractivity contribution >= 4 is 0 Å². The van der Waals surface area contributed by atoms with Crippen LogP contribution in [0.15, 0.2) is 12.1 Å². The fourth-order valence-corrected chi connectivity index (χ4v) is 4.31. The van der Waals surface area contributed by atoms with Gasteiger partial charge in [-0.2, -0.15) is 0 Å². The maximum Gasteiger partial charge on any atom is 0.214 e. The van der Waals surface area contributed by atoms with Crippen molar-refractivity contribution in [3.8, 4) is 5.88 Å². The van der Waals surface area contributed by atoms with E-state index >= 15 is 0 Å². The lowest BCUT2D eigenvalue weighted by Crippen LogP contribution is -2.39. The highest BCUT2D eigenvalue weighted by atomic mass is 16.5. The summed E-state index contributed by atoms with van der Waals surface area (Å²) in [6.45, 7) is 9.12. The monoisotopic (exact) mass is 275 g/mol. The SMILES string of the molecule is Cc1cc(CO)cc(OC2CC3CCC2(C)C3(C)C)n1. The molecule has 1 N–H and O–H groups in total. The van der Waals surface area contributed by atoms with E-state index in [4.69, 9.17) is 4.74 Å². The van der Waals surface area contributed by atoms with E-state index in [0.717, 1.165) is 23.6 Å². The molecule has 2 aliphatic carbocycles. The number of ether oxygens (including phenoxy) is 1. The fraction of sp³-hybridized carbons (Fsp3) is 0.706. The molecule has 3 unspecified atom stereocenters. The van der Waals surface area contributed by atoms with Gasteiger partial charge in [0.25, 0.3) is 0 Å². The van der Waals surface area contributed by atoms with Crippen molar-refractivity contribution in [2.45, 2.75) is 59.7 Å². The molecule has 3 nitrogen and oxygen atoms in total. The van der Waals surface area contributed by atoms with Crippen LogP contribution in [0.3, 0.4) is 0 Å². The molecule has 2 saturated carbocycles. The predicted octanol–water partition coefficient (Wildman–Crippen LogP) is 3.48. The van der Waals surface area contributed by atoms with Crippen LogP contribution in [0.25, 0.3) is 0 Å². The summed E-state index contributed by atoms with van der Waals surface area (Å²) in [5, 5.41) is 9.30. The number of nitrogens with zero attached hydrogens (tertiary/aromatic N) is 1. The Bertz CT molecular complexity index is 526. The fourth-order valence-electron chi connectivity index (χ4n) is 4.31. The van der Waals surface area contributed by atoms with Crippen LogP contribution in [0.4, 0.5) is 0 Å². The van der Waals surface area contributed by atoms with Crippen LogP contribution in [0.5, 0.6) is 5.88 Å². The topological polar surface area (TPSA) is 42.4 Å². The van der Waals surface area contributed by atoms with E-state index in [2.05, 4.69) is 25.8 Å². The first kappa shape index (κ1) is 13.9. The summed E-state index contributed by atoms with van der Waals surface area (Å²) in [5.41, 5.74) is 2.36. The van der Waals surface area contributed by atoms with Crippen molar-refractivity contribution in [2.24, 2.45) is 16.7 Å². The van der Waals surface area contributed by atoms with Crippen LogP contribution in [-0.4, -0.2) is 16.2 Å². The summed E-state index contributed by atoms with van der Waals surface area (Å²) in [4.78, 5) is 4.47. The van der Waals surface area contributed by atoms with E-state index < -0.39 is 0 Å². The molecule has 3 atom stereocenters. The summed E-state index contributed by atoms with van der Waals surface area (Å²) in [5.74, 6) is 1.43. The van der Waals surface area contributed by atoms with E-state index in [1.807, 2.05) is 19.1 Å². The molecular formula is C17H25NO2. The third kappa shape index (κ3) is 1.86. The van der Waals surface area contributed by atoms with Gasteiger partial charge in [0, 0.05) is 17.2 Å². The number of hydrogen-bond donors (Lipinski definition) is 1. The van der Waals surface area contributed by atoms with Crippen molar-refractivity contribution < 1.29 is 9.84 Å². The molecule has 2 fully saturated rings. The van der Waals surface area contributed by atoms with Gasteiger partial charge in [-0.25, -0.2) is 4.98 Å². The molecule has 0 aromatic carbocycles. The molecule has 1 heterocycles. The van der Waals surface area contributed by atoms with Crippen molar-refractivity contribution in [2.75, 3.05) is 0 Å². The lowest BCUT2D eigenvalue weighted by molar-refractivity contribution is 0.0271. The first-order valence-electron chi connectivity index (χ1n) is 7.62. The Hall–Kier alpha value is -1.09. The quantitative estimate of drug-likeness (QED) is 0.918. The molecule has 2 bridgehead atoms. The van der Waals surface area contributed by atoms with E-state index in [9.17, 15) is 5.11 Å². The average Bonchev–Trinajstić information content (AvgIpc) is 2.71. The van der Waals surface area contributed by atoms with Gasteiger partial charge in [0.1, 0.15) is 6.10 Å². The van der Waals surface area contributed by atoms with Gasteiger partial charge in [0.15, 0.2) is 0 Å². The number of aliphatic hydroxyl groups is 1. The highest BCUT2D eigenvalue weighted by Crippen LogP contribution is 2.66. The molecule has 20 heavy (non-hydrogen) atoms. The largest absolute Gasteiger partial charge is 0.474 e. The Kier molecular flexibility index (Phi) is 3.09. The van der Waals surface area contributed by atoms with Crippen LogP contribution in [0, 0.1) is 23.7 Å². The van der Waals surface area contributed by atoms with Gasteiger partial charge in [-0.3, -0.25) is 0 Å². The summed E-state index contributed by atoms with van der Waals surface area (Å²) in [6, 6.07) is 3.77. The van der Waals surface area contributed by atoms with E-state index in [-0.39, 0.29) is 18.1 Å². The molecule has 110 valence electrons. The van der Waals surface area contributed by atoms with E-state index in [0.29, 0.717) is 11.3 Å². The molecular weight excluding hydrogens is 250 g/mol. The van der Waals surface area contributed by atoms with Crippen LogP contribution in [0.1, 0.15) is 51.3 Å². The summed E-state index contributed by atoms with van der Waals surface area (Å²) >= 11 is 0. The number of aliphatic hydroxyl groups excluding tert-OH is 1. The van der Waals surface area contributed by atoms with Crippen LogP contribution in [-0.2, 0) is 6.61 Å². The highest BCUT2D eigenvalue weighted by molar-refractivity contribution is 5.25. The first-order valence-corrected chi connectivity index (χ1v) is 7.62. The second kappa shape index (κ2) is 4.45. The molecule has 3 rings (SSSR count). The third-order valence-corrected chi connectivity index (χ3v) is 6.15. The molecule has 0 aliphatic heterocycles. The van der Waals surface area contributed by atoms with Crippen molar-refractivity contribution in [3.05, 3.63) is 23.4 Å². The number of fused-ring (bicyclic) bond motifs is 2. The Balaban J connectivity index is 1.85.